The molecule has 2 aromatic carbocycles. The molecule has 10 heteroatoms. The normalized spacial score (nSPS) is 14.0. The van der Waals surface area contributed by atoms with Crippen LogP contribution >= 0.6 is 0 Å². The molecule has 1 amide bonds. The number of nitrogens with zero attached hydrogens (tertiary/aromatic N) is 3. The van der Waals surface area contributed by atoms with Crippen molar-refractivity contribution in [3.63, 3.8) is 0 Å². The Balaban J connectivity index is 1.57. The fraction of sp³-hybridized carbons (Fsp3) is 0.292. The fourth-order valence-corrected chi connectivity index (χ4v) is 4.03. The minimum Gasteiger partial charge on any atom is -0.465 e. The Morgan fingerprint density at radius 3 is 2.29 bits per heavy atom. The molecule has 178 valence electrons. The van der Waals surface area contributed by atoms with Gasteiger partial charge in [-0.1, -0.05) is 12.1 Å². The van der Waals surface area contributed by atoms with Gasteiger partial charge in [-0.3, -0.25) is 4.79 Å². The van der Waals surface area contributed by atoms with Gasteiger partial charge in [-0.2, -0.15) is 18.3 Å². The van der Waals surface area contributed by atoms with Crippen LogP contribution in [0.2, 0.25) is 0 Å². The molecule has 3 aromatic rings. The van der Waals surface area contributed by atoms with Crippen molar-refractivity contribution in [2.45, 2.75) is 32.6 Å². The molecule has 1 aromatic heterocycles. The molecule has 34 heavy (non-hydrogen) atoms. The highest BCUT2D eigenvalue weighted by atomic mass is 19.4. The lowest BCUT2D eigenvalue weighted by Crippen LogP contribution is -2.28. The summed E-state index contributed by atoms with van der Waals surface area (Å²) in [7, 11) is 1.31. The first-order valence-corrected chi connectivity index (χ1v) is 10.6. The third kappa shape index (κ3) is 4.35. The minimum atomic E-state index is -4.42. The lowest BCUT2D eigenvalue weighted by atomic mass is 10.1. The maximum Gasteiger partial charge on any atom is 0.416 e. The van der Waals surface area contributed by atoms with Gasteiger partial charge in [-0.15, -0.1) is 0 Å². The van der Waals surface area contributed by atoms with Crippen LogP contribution in [0.15, 0.2) is 48.5 Å². The number of carbonyl (C=O) groups is 2. The molecule has 0 saturated carbocycles. The van der Waals surface area contributed by atoms with Crippen LogP contribution in [-0.2, 0) is 17.5 Å². The zero-order valence-corrected chi connectivity index (χ0v) is 18.8. The number of nitrogens with one attached hydrogen (secondary N) is 1. The topological polar surface area (TPSA) is 76.5 Å². The summed E-state index contributed by atoms with van der Waals surface area (Å²) in [6.45, 7) is 4.53. The van der Waals surface area contributed by atoms with Crippen molar-refractivity contribution < 1.29 is 27.5 Å². The number of carbonyl (C=O) groups excluding carboxylic acids is 2. The molecule has 1 aliphatic heterocycles. The number of halogens is 3. The lowest BCUT2D eigenvalue weighted by Gasteiger charge is -2.21. The zero-order chi connectivity index (χ0) is 24.6. The number of benzene rings is 2. The number of rotatable bonds is 5. The summed E-state index contributed by atoms with van der Waals surface area (Å²) in [4.78, 5) is 26.7. The molecule has 0 fully saturated rings. The van der Waals surface area contributed by atoms with E-state index in [1.165, 1.54) is 19.2 Å². The van der Waals surface area contributed by atoms with Crippen molar-refractivity contribution in [3.05, 3.63) is 76.5 Å². The van der Waals surface area contributed by atoms with E-state index in [9.17, 15) is 22.8 Å². The second-order valence-electron chi connectivity index (χ2n) is 8.01. The molecule has 0 unspecified atom stereocenters. The van der Waals surface area contributed by atoms with Crippen LogP contribution in [0.1, 0.15) is 50.5 Å². The summed E-state index contributed by atoms with van der Waals surface area (Å²) in [6.07, 6.45) is -4.42. The summed E-state index contributed by atoms with van der Waals surface area (Å²) in [5.41, 5.74) is 1.91. The van der Waals surface area contributed by atoms with Crippen molar-refractivity contribution in [1.82, 2.24) is 15.1 Å². The van der Waals surface area contributed by atoms with Crippen molar-refractivity contribution >= 4 is 23.4 Å². The molecule has 0 radical (unpaired) electrons. The summed E-state index contributed by atoms with van der Waals surface area (Å²) >= 11 is 0. The number of fused-ring (bicyclic) bond motifs is 1. The monoisotopic (exact) mass is 472 g/mol. The second-order valence-corrected chi connectivity index (χ2v) is 8.01. The van der Waals surface area contributed by atoms with Gasteiger partial charge in [0.1, 0.15) is 11.4 Å². The Morgan fingerprint density at radius 2 is 1.71 bits per heavy atom. The molecular weight excluding hydrogens is 449 g/mol. The first kappa shape index (κ1) is 23.3. The lowest BCUT2D eigenvalue weighted by molar-refractivity contribution is -0.137. The van der Waals surface area contributed by atoms with E-state index in [1.54, 1.807) is 40.8 Å². The molecule has 0 bridgehead atoms. The molecule has 1 atom stereocenters. The van der Waals surface area contributed by atoms with Crippen molar-refractivity contribution in [2.24, 2.45) is 0 Å². The summed E-state index contributed by atoms with van der Waals surface area (Å²) in [6, 6.07) is 11.2. The van der Waals surface area contributed by atoms with Gasteiger partial charge in [-0.25, -0.2) is 9.48 Å². The van der Waals surface area contributed by atoms with E-state index < -0.39 is 17.7 Å². The third-order valence-electron chi connectivity index (χ3n) is 5.80. The Hall–Kier alpha value is -3.82. The number of esters is 1. The number of methoxy groups -OCH3 is 1. The minimum absolute atomic E-state index is 0.345. The Labute approximate surface area is 194 Å². The fourth-order valence-electron chi connectivity index (χ4n) is 4.03. The second kappa shape index (κ2) is 8.85. The standard InChI is InChI=1S/C24H23F3N4O3/c1-14(16-4-6-17(7-5-16)23(33)34-3)28-21(32)20-15(2)29-31-13-12-30(22(20)31)19-10-8-18(9-11-19)24(25,26)27/h4-11,14H,12-13H2,1-3H3,(H,28,32)/t14-/m0/s1. The average Bonchev–Trinajstić information content (AvgIpc) is 3.35. The highest BCUT2D eigenvalue weighted by Crippen LogP contribution is 2.37. The number of ether oxygens (including phenoxy) is 1. The van der Waals surface area contributed by atoms with Gasteiger partial charge in [0, 0.05) is 12.2 Å². The van der Waals surface area contributed by atoms with Crippen LogP contribution in [0, 0.1) is 6.92 Å². The van der Waals surface area contributed by atoms with Crippen molar-refractivity contribution in [2.75, 3.05) is 18.6 Å². The van der Waals surface area contributed by atoms with E-state index in [-0.39, 0.29) is 11.9 Å². The van der Waals surface area contributed by atoms with Gasteiger partial charge >= 0.3 is 12.1 Å². The molecule has 2 heterocycles. The molecule has 1 aliphatic rings. The van der Waals surface area contributed by atoms with Gasteiger partial charge in [-0.05, 0) is 55.8 Å². The van der Waals surface area contributed by atoms with E-state index in [1.807, 2.05) is 6.92 Å². The van der Waals surface area contributed by atoms with E-state index >= 15 is 0 Å². The summed E-state index contributed by atoms with van der Waals surface area (Å²) in [5.74, 6) is -0.247. The van der Waals surface area contributed by atoms with E-state index in [0.717, 1.165) is 17.7 Å². The Morgan fingerprint density at radius 1 is 1.06 bits per heavy atom. The van der Waals surface area contributed by atoms with Crippen molar-refractivity contribution in [3.8, 4) is 0 Å². The van der Waals surface area contributed by atoms with Crippen LogP contribution < -0.4 is 10.2 Å². The first-order chi connectivity index (χ1) is 16.1. The van der Waals surface area contributed by atoms with Gasteiger partial charge in [0.05, 0.1) is 36.5 Å². The molecular formula is C24H23F3N4O3. The van der Waals surface area contributed by atoms with E-state index in [4.69, 9.17) is 4.74 Å². The Kier molecular flexibility index (Phi) is 6.07. The first-order valence-electron chi connectivity index (χ1n) is 10.6. The highest BCUT2D eigenvalue weighted by molar-refractivity contribution is 6.01. The van der Waals surface area contributed by atoms with Crippen LogP contribution in [-0.4, -0.2) is 35.3 Å². The number of alkyl halides is 3. The van der Waals surface area contributed by atoms with E-state index in [0.29, 0.717) is 41.4 Å². The number of amides is 1. The quantitative estimate of drug-likeness (QED) is 0.548. The predicted molar refractivity (Wildman–Crippen MR) is 119 cm³/mol. The molecule has 4 rings (SSSR count). The maximum atomic E-state index is 13.2. The smallest absolute Gasteiger partial charge is 0.416 e. The average molecular weight is 472 g/mol. The molecule has 1 N–H and O–H groups in total. The number of anilines is 2. The van der Waals surface area contributed by atoms with Crippen molar-refractivity contribution in [1.29, 1.82) is 0 Å². The summed E-state index contributed by atoms with van der Waals surface area (Å²) in [5, 5.41) is 7.40. The number of hydrogen-bond donors (Lipinski definition) is 1. The van der Waals surface area contributed by atoms with Gasteiger partial charge in [0.25, 0.3) is 5.91 Å². The summed E-state index contributed by atoms with van der Waals surface area (Å²) < 4.78 is 45.2. The van der Waals surface area contributed by atoms with Gasteiger partial charge in [0.2, 0.25) is 0 Å². The van der Waals surface area contributed by atoms with Crippen LogP contribution in [0.3, 0.4) is 0 Å². The van der Waals surface area contributed by atoms with Crippen LogP contribution in [0.5, 0.6) is 0 Å². The predicted octanol–water partition coefficient (Wildman–Crippen LogP) is 4.64. The molecule has 0 saturated heterocycles. The number of aryl methyl sites for hydroxylation is 1. The SMILES string of the molecule is COC(=O)c1ccc([C@H](C)NC(=O)c2c(C)nn3c2N(c2ccc(C(F)(F)F)cc2)CC3)cc1. The van der Waals surface area contributed by atoms with E-state index in [2.05, 4.69) is 10.4 Å². The molecule has 0 spiro atoms. The number of aromatic nitrogens is 2. The number of hydrogen-bond acceptors (Lipinski definition) is 5. The zero-order valence-electron chi connectivity index (χ0n) is 18.8. The van der Waals surface area contributed by atoms with Gasteiger partial charge in [0.15, 0.2) is 0 Å². The maximum absolute atomic E-state index is 13.2. The largest absolute Gasteiger partial charge is 0.465 e. The molecule has 7 nitrogen and oxygen atoms in total. The Bertz CT molecular complexity index is 1220. The highest BCUT2D eigenvalue weighted by Gasteiger charge is 2.33. The molecule has 0 aliphatic carbocycles. The third-order valence-corrected chi connectivity index (χ3v) is 5.80. The van der Waals surface area contributed by atoms with Crippen LogP contribution in [0.4, 0.5) is 24.7 Å². The van der Waals surface area contributed by atoms with Gasteiger partial charge < -0.3 is 15.0 Å². The van der Waals surface area contributed by atoms with Crippen LogP contribution in [0.25, 0.3) is 0 Å².